The highest BCUT2D eigenvalue weighted by molar-refractivity contribution is 5.89. The molecule has 0 radical (unpaired) electrons. The lowest BCUT2D eigenvalue weighted by Gasteiger charge is -2.58. The second-order valence-corrected chi connectivity index (χ2v) is 9.21. The molecule has 0 spiro atoms. The van der Waals surface area contributed by atoms with Gasteiger partial charge in [-0.05, 0) is 67.8 Å². The average Bonchev–Trinajstić information content (AvgIpc) is 2.92. The second-order valence-electron chi connectivity index (χ2n) is 9.21. The van der Waals surface area contributed by atoms with Crippen LogP contribution in [0.1, 0.15) is 65.7 Å². The summed E-state index contributed by atoms with van der Waals surface area (Å²) in [7, 11) is 0. The van der Waals surface area contributed by atoms with Crippen molar-refractivity contribution in [3.63, 3.8) is 0 Å². The fourth-order valence-corrected chi connectivity index (χ4v) is 7.11. The smallest absolute Gasteiger partial charge is 0.243 e. The molecule has 0 aromatic heterocycles. The molecule has 0 bridgehead atoms. The number of hydrogen-bond donors (Lipinski definition) is 1. The summed E-state index contributed by atoms with van der Waals surface area (Å²) in [5.74, 6) is 2.93. The zero-order valence-electron chi connectivity index (χ0n) is 15.3. The molecule has 3 nitrogen and oxygen atoms in total. The van der Waals surface area contributed by atoms with Crippen LogP contribution in [0.25, 0.3) is 0 Å². The van der Waals surface area contributed by atoms with Gasteiger partial charge in [0.2, 0.25) is 5.91 Å². The molecule has 1 heterocycles. The minimum atomic E-state index is 0.0750. The molecule has 0 aromatic carbocycles. The number of nitrogens with one attached hydrogen (secondary N) is 1. The third kappa shape index (κ3) is 2.09. The first-order chi connectivity index (χ1) is 11.4. The third-order valence-electron chi connectivity index (χ3n) is 8.42. The largest absolute Gasteiger partial charge is 0.349 e. The van der Waals surface area contributed by atoms with Crippen molar-refractivity contribution >= 4 is 11.7 Å². The summed E-state index contributed by atoms with van der Waals surface area (Å²) < 4.78 is 0. The maximum absolute atomic E-state index is 12.5. The lowest BCUT2D eigenvalue weighted by atomic mass is 9.47. The fourth-order valence-electron chi connectivity index (χ4n) is 7.11. The summed E-state index contributed by atoms with van der Waals surface area (Å²) in [5.41, 5.74) is 0.324. The number of rotatable bonds is 2. The summed E-state index contributed by atoms with van der Waals surface area (Å²) in [6.07, 6.45) is 11.7. The SMILES string of the molecule is CCC(=O)[C@H]1CC[C@@H]2[C@@H]3CC[C@@H]4NC(=O)C=C[C@]4(C)[C@@H]3CC[C@]12C. The lowest BCUT2D eigenvalue weighted by molar-refractivity contribution is -0.132. The Morgan fingerprint density at radius 3 is 2.71 bits per heavy atom. The van der Waals surface area contributed by atoms with Crippen LogP contribution in [0.3, 0.4) is 0 Å². The van der Waals surface area contributed by atoms with Crippen molar-refractivity contribution in [2.24, 2.45) is 34.5 Å². The molecule has 1 amide bonds. The molecule has 0 aromatic rings. The number of hydrogen-bond acceptors (Lipinski definition) is 2. The first-order valence-electron chi connectivity index (χ1n) is 9.92. The summed E-state index contributed by atoms with van der Waals surface area (Å²) in [6.45, 7) is 6.79. The van der Waals surface area contributed by atoms with Crippen LogP contribution in [0, 0.1) is 34.5 Å². The molecule has 7 atom stereocenters. The van der Waals surface area contributed by atoms with Crippen LogP contribution < -0.4 is 5.32 Å². The molecule has 3 heteroatoms. The molecule has 132 valence electrons. The third-order valence-corrected chi connectivity index (χ3v) is 8.42. The maximum atomic E-state index is 12.5. The summed E-state index contributed by atoms with van der Waals surface area (Å²) in [5, 5.41) is 3.22. The van der Waals surface area contributed by atoms with Gasteiger partial charge in [-0.2, -0.15) is 0 Å². The van der Waals surface area contributed by atoms with Gasteiger partial charge in [-0.15, -0.1) is 0 Å². The molecule has 4 aliphatic rings. The first-order valence-corrected chi connectivity index (χ1v) is 9.92. The Morgan fingerprint density at radius 2 is 1.96 bits per heavy atom. The number of Topliss-reactive ketones (excluding diaryl/α,β-unsaturated/α-hetero) is 1. The van der Waals surface area contributed by atoms with Crippen LogP contribution in [0.15, 0.2) is 12.2 Å². The van der Waals surface area contributed by atoms with Gasteiger partial charge in [-0.25, -0.2) is 0 Å². The molecule has 0 unspecified atom stereocenters. The molecule has 1 N–H and O–H groups in total. The number of carbonyl (C=O) groups is 2. The van der Waals surface area contributed by atoms with Gasteiger partial charge in [0, 0.05) is 23.8 Å². The van der Waals surface area contributed by atoms with Crippen LogP contribution >= 0.6 is 0 Å². The Balaban J connectivity index is 1.64. The summed E-state index contributed by atoms with van der Waals surface area (Å²) in [4.78, 5) is 24.3. The first kappa shape index (κ1) is 16.4. The van der Waals surface area contributed by atoms with E-state index in [1.165, 1.54) is 25.7 Å². The quantitative estimate of drug-likeness (QED) is 0.835. The van der Waals surface area contributed by atoms with Crippen LogP contribution in [0.5, 0.6) is 0 Å². The zero-order valence-corrected chi connectivity index (χ0v) is 15.3. The van der Waals surface area contributed by atoms with Crippen LogP contribution in [0.4, 0.5) is 0 Å². The van der Waals surface area contributed by atoms with E-state index in [0.29, 0.717) is 36.0 Å². The standard InChI is InChI=1S/C21H31NO2/c1-4-17(23)16-7-6-14-13-5-8-18-21(3,12-10-19(24)22-18)15(13)9-11-20(14,16)2/h10,12-16,18H,4-9,11H2,1-3H3,(H,22,24)/t13-,14+,15+,16+,18-,20-,21+/m0/s1. The van der Waals surface area contributed by atoms with Crippen molar-refractivity contribution in [2.75, 3.05) is 0 Å². The van der Waals surface area contributed by atoms with E-state index in [1.54, 1.807) is 6.08 Å². The summed E-state index contributed by atoms with van der Waals surface area (Å²) in [6, 6.07) is 0.301. The van der Waals surface area contributed by atoms with E-state index in [0.717, 1.165) is 18.8 Å². The minimum Gasteiger partial charge on any atom is -0.349 e. The Kier molecular flexibility index (Phi) is 3.71. The van der Waals surface area contributed by atoms with Crippen LogP contribution in [-0.4, -0.2) is 17.7 Å². The minimum absolute atomic E-state index is 0.0750. The number of amides is 1. The van der Waals surface area contributed by atoms with Gasteiger partial charge in [0.05, 0.1) is 0 Å². The molecule has 3 saturated carbocycles. The molecular weight excluding hydrogens is 298 g/mol. The van der Waals surface area contributed by atoms with Crippen molar-refractivity contribution in [2.45, 2.75) is 71.8 Å². The normalized spacial score (nSPS) is 49.8. The van der Waals surface area contributed by atoms with Crippen molar-refractivity contribution in [1.82, 2.24) is 5.32 Å². The highest BCUT2D eigenvalue weighted by Crippen LogP contribution is 2.65. The van der Waals surface area contributed by atoms with Crippen LogP contribution in [-0.2, 0) is 9.59 Å². The van der Waals surface area contributed by atoms with Gasteiger partial charge in [0.15, 0.2) is 0 Å². The molecule has 3 fully saturated rings. The number of fused-ring (bicyclic) bond motifs is 5. The van der Waals surface area contributed by atoms with Crippen molar-refractivity contribution in [3.8, 4) is 0 Å². The summed E-state index contributed by atoms with van der Waals surface area (Å²) >= 11 is 0. The van der Waals surface area contributed by atoms with E-state index in [4.69, 9.17) is 0 Å². The molecule has 3 aliphatic carbocycles. The van der Waals surface area contributed by atoms with Gasteiger partial charge >= 0.3 is 0 Å². The van der Waals surface area contributed by atoms with Crippen LogP contribution in [0.2, 0.25) is 0 Å². The Morgan fingerprint density at radius 1 is 1.17 bits per heavy atom. The van der Waals surface area contributed by atoms with Gasteiger partial charge in [-0.1, -0.05) is 26.8 Å². The van der Waals surface area contributed by atoms with Gasteiger partial charge in [0.1, 0.15) is 5.78 Å². The Labute approximate surface area is 145 Å². The molecular formula is C21H31NO2. The van der Waals surface area contributed by atoms with E-state index in [2.05, 4.69) is 25.2 Å². The number of carbonyl (C=O) groups excluding carboxylic acids is 2. The van der Waals surface area contributed by atoms with Gasteiger partial charge in [-0.3, -0.25) is 9.59 Å². The average molecular weight is 329 g/mol. The number of ketones is 1. The van der Waals surface area contributed by atoms with E-state index < -0.39 is 0 Å². The van der Waals surface area contributed by atoms with E-state index in [9.17, 15) is 9.59 Å². The molecule has 4 rings (SSSR count). The monoisotopic (exact) mass is 329 g/mol. The van der Waals surface area contributed by atoms with Crippen molar-refractivity contribution in [3.05, 3.63) is 12.2 Å². The van der Waals surface area contributed by atoms with E-state index in [1.807, 2.05) is 6.92 Å². The van der Waals surface area contributed by atoms with Gasteiger partial charge < -0.3 is 5.32 Å². The van der Waals surface area contributed by atoms with E-state index in [-0.39, 0.29) is 16.7 Å². The predicted octanol–water partition coefficient (Wildman–Crippen LogP) is 3.88. The van der Waals surface area contributed by atoms with E-state index >= 15 is 0 Å². The van der Waals surface area contributed by atoms with Crippen molar-refractivity contribution in [1.29, 1.82) is 0 Å². The maximum Gasteiger partial charge on any atom is 0.243 e. The Hall–Kier alpha value is -1.12. The topological polar surface area (TPSA) is 46.2 Å². The second kappa shape index (κ2) is 5.44. The molecule has 1 aliphatic heterocycles. The highest BCUT2D eigenvalue weighted by Gasteiger charge is 2.60. The predicted molar refractivity (Wildman–Crippen MR) is 94.2 cm³/mol. The van der Waals surface area contributed by atoms with Gasteiger partial charge in [0.25, 0.3) is 0 Å². The Bertz CT molecular complexity index is 597. The highest BCUT2D eigenvalue weighted by atomic mass is 16.1. The molecule has 0 saturated heterocycles. The lowest BCUT2D eigenvalue weighted by Crippen LogP contribution is -2.59. The fraction of sp³-hybridized carbons (Fsp3) is 0.810. The zero-order chi connectivity index (χ0) is 17.1. The van der Waals surface area contributed by atoms with Crippen molar-refractivity contribution < 1.29 is 9.59 Å². The molecule has 24 heavy (non-hydrogen) atoms.